The van der Waals surface area contributed by atoms with Crippen molar-refractivity contribution in [1.82, 2.24) is 4.72 Å². The van der Waals surface area contributed by atoms with E-state index in [1.165, 1.54) is 6.92 Å². The van der Waals surface area contributed by atoms with Crippen molar-refractivity contribution < 1.29 is 13.5 Å². The number of nitrogens with one attached hydrogen (secondary N) is 1. The zero-order chi connectivity index (χ0) is 12.9. The fourth-order valence-electron chi connectivity index (χ4n) is 1.22. The molecule has 1 aromatic carbocycles. The Morgan fingerprint density at radius 2 is 2.12 bits per heavy atom. The number of aliphatic hydroxyl groups is 1. The number of nitrogens with zero attached hydrogens (tertiary/aromatic N) is 1. The van der Waals surface area contributed by atoms with E-state index in [-0.39, 0.29) is 13.2 Å². The largest absolute Gasteiger partial charge is 0.392 e. The van der Waals surface area contributed by atoms with Gasteiger partial charge < -0.3 is 5.11 Å². The average Bonchev–Trinajstić information content (AvgIpc) is 2.35. The van der Waals surface area contributed by atoms with Gasteiger partial charge in [-0.15, -0.1) is 0 Å². The standard InChI is InChI=1S/C11H14N2O3S/c1-9(6-12)17(15,16)13-7-10-3-2-4-11(5-10)8-14/h2-5,9,13-14H,7-8H2,1H3. The van der Waals surface area contributed by atoms with E-state index in [2.05, 4.69) is 4.72 Å². The van der Waals surface area contributed by atoms with E-state index in [0.717, 1.165) is 11.1 Å². The summed E-state index contributed by atoms with van der Waals surface area (Å²) in [5, 5.41) is 16.4. The molecule has 0 amide bonds. The second-order valence-electron chi connectivity index (χ2n) is 3.62. The molecule has 1 atom stereocenters. The van der Waals surface area contributed by atoms with E-state index in [0.29, 0.717) is 0 Å². The zero-order valence-corrected chi connectivity index (χ0v) is 10.2. The Labute approximate surface area is 101 Å². The highest BCUT2D eigenvalue weighted by atomic mass is 32.2. The molecule has 2 N–H and O–H groups in total. The lowest BCUT2D eigenvalue weighted by Crippen LogP contribution is -2.31. The van der Waals surface area contributed by atoms with E-state index in [4.69, 9.17) is 10.4 Å². The maximum absolute atomic E-state index is 11.5. The minimum Gasteiger partial charge on any atom is -0.392 e. The fraction of sp³-hybridized carbons (Fsp3) is 0.364. The van der Waals surface area contributed by atoms with Gasteiger partial charge in [-0.2, -0.15) is 5.26 Å². The zero-order valence-electron chi connectivity index (χ0n) is 9.42. The Morgan fingerprint density at radius 1 is 1.47 bits per heavy atom. The number of benzene rings is 1. The van der Waals surface area contributed by atoms with E-state index in [9.17, 15) is 8.42 Å². The number of aliphatic hydroxyl groups excluding tert-OH is 1. The molecule has 0 saturated carbocycles. The number of hydrogen-bond donors (Lipinski definition) is 2. The predicted molar refractivity (Wildman–Crippen MR) is 63.2 cm³/mol. The quantitative estimate of drug-likeness (QED) is 0.801. The summed E-state index contributed by atoms with van der Waals surface area (Å²) < 4.78 is 25.4. The van der Waals surface area contributed by atoms with Crippen LogP contribution < -0.4 is 4.72 Å². The lowest BCUT2D eigenvalue weighted by atomic mass is 10.1. The molecule has 5 nitrogen and oxygen atoms in total. The molecule has 1 unspecified atom stereocenters. The van der Waals surface area contributed by atoms with Gasteiger partial charge in [0, 0.05) is 6.54 Å². The first-order valence-corrected chi connectivity index (χ1v) is 6.61. The molecule has 17 heavy (non-hydrogen) atoms. The van der Waals surface area contributed by atoms with Crippen LogP contribution in [-0.4, -0.2) is 18.8 Å². The Hall–Kier alpha value is -1.42. The van der Waals surface area contributed by atoms with Crippen molar-refractivity contribution in [2.24, 2.45) is 0 Å². The van der Waals surface area contributed by atoms with Crippen LogP contribution in [0.15, 0.2) is 24.3 Å². The molecule has 0 saturated heterocycles. The second kappa shape index (κ2) is 5.77. The van der Waals surface area contributed by atoms with E-state index >= 15 is 0 Å². The van der Waals surface area contributed by atoms with Crippen LogP contribution in [0.4, 0.5) is 0 Å². The normalized spacial score (nSPS) is 13.0. The molecular formula is C11H14N2O3S. The minimum atomic E-state index is -3.60. The van der Waals surface area contributed by atoms with Gasteiger partial charge in [-0.3, -0.25) is 0 Å². The molecule has 0 aliphatic carbocycles. The van der Waals surface area contributed by atoms with Gasteiger partial charge in [0.2, 0.25) is 10.0 Å². The molecule has 6 heteroatoms. The summed E-state index contributed by atoms with van der Waals surface area (Å²) >= 11 is 0. The molecule has 1 aromatic rings. The van der Waals surface area contributed by atoms with Crippen LogP contribution in [0.25, 0.3) is 0 Å². The van der Waals surface area contributed by atoms with Crippen LogP contribution >= 0.6 is 0 Å². The van der Waals surface area contributed by atoms with Gasteiger partial charge in [-0.05, 0) is 18.1 Å². The topological polar surface area (TPSA) is 90.2 Å². The molecule has 92 valence electrons. The van der Waals surface area contributed by atoms with E-state index in [1.807, 2.05) is 0 Å². The van der Waals surface area contributed by atoms with Crippen molar-refractivity contribution in [2.45, 2.75) is 25.3 Å². The van der Waals surface area contributed by atoms with Gasteiger partial charge in [-0.25, -0.2) is 13.1 Å². The maximum Gasteiger partial charge on any atom is 0.227 e. The summed E-state index contributed by atoms with van der Waals surface area (Å²) in [6.07, 6.45) is 0. The van der Waals surface area contributed by atoms with E-state index < -0.39 is 15.3 Å². The van der Waals surface area contributed by atoms with Gasteiger partial charge in [0.1, 0.15) is 0 Å². The predicted octanol–water partition coefficient (Wildman–Crippen LogP) is 0.510. The van der Waals surface area contributed by atoms with Crippen LogP contribution in [0.3, 0.4) is 0 Å². The fourth-order valence-corrected chi connectivity index (χ4v) is 1.97. The van der Waals surface area contributed by atoms with Crippen LogP contribution in [0.5, 0.6) is 0 Å². The van der Waals surface area contributed by atoms with Crippen molar-refractivity contribution in [2.75, 3.05) is 0 Å². The third-order valence-electron chi connectivity index (χ3n) is 2.30. The summed E-state index contributed by atoms with van der Waals surface area (Å²) in [5.41, 5.74) is 1.46. The third-order valence-corrected chi connectivity index (χ3v) is 3.88. The Kier molecular flexibility index (Phi) is 4.63. The Morgan fingerprint density at radius 3 is 2.71 bits per heavy atom. The van der Waals surface area contributed by atoms with Gasteiger partial charge in [0.25, 0.3) is 0 Å². The van der Waals surface area contributed by atoms with Crippen LogP contribution in [0.1, 0.15) is 18.1 Å². The first kappa shape index (κ1) is 13.6. The van der Waals surface area contributed by atoms with Gasteiger partial charge in [0.05, 0.1) is 12.7 Å². The molecule has 0 aliphatic heterocycles. The van der Waals surface area contributed by atoms with Crippen molar-refractivity contribution in [3.05, 3.63) is 35.4 Å². The first-order chi connectivity index (χ1) is 7.99. The minimum absolute atomic E-state index is 0.0881. The van der Waals surface area contributed by atoms with Gasteiger partial charge in [0.15, 0.2) is 5.25 Å². The third kappa shape index (κ3) is 3.82. The van der Waals surface area contributed by atoms with E-state index in [1.54, 1.807) is 30.3 Å². The Balaban J connectivity index is 2.71. The average molecular weight is 254 g/mol. The van der Waals surface area contributed by atoms with Crippen molar-refractivity contribution in [1.29, 1.82) is 5.26 Å². The van der Waals surface area contributed by atoms with Crippen LogP contribution in [0, 0.1) is 11.3 Å². The maximum atomic E-state index is 11.5. The van der Waals surface area contributed by atoms with Gasteiger partial charge in [-0.1, -0.05) is 24.3 Å². The summed E-state index contributed by atoms with van der Waals surface area (Å²) in [6, 6.07) is 8.62. The van der Waals surface area contributed by atoms with Gasteiger partial charge >= 0.3 is 0 Å². The monoisotopic (exact) mass is 254 g/mol. The van der Waals surface area contributed by atoms with Crippen molar-refractivity contribution in [3.8, 4) is 6.07 Å². The molecule has 0 radical (unpaired) electrons. The molecule has 0 fully saturated rings. The highest BCUT2D eigenvalue weighted by Gasteiger charge is 2.19. The summed E-state index contributed by atoms with van der Waals surface area (Å²) in [5.74, 6) is 0. The molecule has 0 aliphatic rings. The molecular weight excluding hydrogens is 240 g/mol. The lowest BCUT2D eigenvalue weighted by molar-refractivity contribution is 0.281. The number of nitriles is 1. The second-order valence-corrected chi connectivity index (χ2v) is 5.70. The summed E-state index contributed by atoms with van der Waals surface area (Å²) in [4.78, 5) is 0. The van der Waals surface area contributed by atoms with Crippen LogP contribution in [0.2, 0.25) is 0 Å². The summed E-state index contributed by atoms with van der Waals surface area (Å²) in [7, 11) is -3.60. The molecule has 0 spiro atoms. The first-order valence-electron chi connectivity index (χ1n) is 5.06. The van der Waals surface area contributed by atoms with Crippen molar-refractivity contribution in [3.63, 3.8) is 0 Å². The molecule has 1 rings (SSSR count). The molecule has 0 aromatic heterocycles. The Bertz CT molecular complexity index is 520. The number of rotatable bonds is 5. The van der Waals surface area contributed by atoms with Crippen LogP contribution in [-0.2, 0) is 23.2 Å². The lowest BCUT2D eigenvalue weighted by Gasteiger charge is -2.08. The summed E-state index contributed by atoms with van der Waals surface area (Å²) in [6.45, 7) is 1.35. The molecule has 0 heterocycles. The number of sulfonamides is 1. The smallest absolute Gasteiger partial charge is 0.227 e. The SMILES string of the molecule is CC(C#N)S(=O)(=O)NCc1cccc(CO)c1. The highest BCUT2D eigenvalue weighted by molar-refractivity contribution is 7.90. The highest BCUT2D eigenvalue weighted by Crippen LogP contribution is 2.06. The number of hydrogen-bond acceptors (Lipinski definition) is 4. The molecule has 0 bridgehead atoms. The van der Waals surface area contributed by atoms with Crippen molar-refractivity contribution >= 4 is 10.0 Å².